The molecule has 0 aliphatic heterocycles. The molecule has 0 amide bonds. The summed E-state index contributed by atoms with van der Waals surface area (Å²) in [6, 6.07) is 9.54. The van der Waals surface area contributed by atoms with E-state index in [1.807, 2.05) is 53.5 Å². The number of carbonyl (C=O) groups is 1. The molecule has 3 nitrogen and oxygen atoms in total. The summed E-state index contributed by atoms with van der Waals surface area (Å²) in [4.78, 5) is 13.3. The number of ketones is 1. The fourth-order valence-electron chi connectivity index (χ4n) is 2.29. The molecule has 0 bridgehead atoms. The van der Waals surface area contributed by atoms with Gasteiger partial charge in [-0.05, 0) is 23.6 Å². The van der Waals surface area contributed by atoms with Crippen molar-refractivity contribution in [3.63, 3.8) is 0 Å². The average molecular weight is 271 g/mol. The van der Waals surface area contributed by atoms with E-state index in [0.29, 0.717) is 5.56 Å². The maximum absolute atomic E-state index is 12.5. The molecule has 19 heavy (non-hydrogen) atoms. The molecule has 3 aromatic rings. The van der Waals surface area contributed by atoms with Crippen LogP contribution in [0.5, 0.6) is 5.75 Å². The SMILES string of the molecule is COc1cccc2c1c(C(=O)c1cccs1)cn2C. The van der Waals surface area contributed by atoms with Crippen molar-refractivity contribution in [2.75, 3.05) is 7.11 Å². The highest BCUT2D eigenvalue weighted by Crippen LogP contribution is 2.32. The number of fused-ring (bicyclic) bond motifs is 1. The first-order valence-corrected chi connectivity index (χ1v) is 6.80. The lowest BCUT2D eigenvalue weighted by Crippen LogP contribution is -1.98. The van der Waals surface area contributed by atoms with Gasteiger partial charge in [-0.3, -0.25) is 4.79 Å². The highest BCUT2D eigenvalue weighted by molar-refractivity contribution is 7.12. The average Bonchev–Trinajstić information content (AvgIpc) is 3.06. The number of thiophene rings is 1. The van der Waals surface area contributed by atoms with Crippen molar-refractivity contribution in [3.8, 4) is 5.75 Å². The molecule has 2 aromatic heterocycles. The first-order chi connectivity index (χ1) is 9.22. The second-order valence-electron chi connectivity index (χ2n) is 4.31. The molecule has 0 saturated heterocycles. The topological polar surface area (TPSA) is 31.2 Å². The van der Waals surface area contributed by atoms with Crippen LogP contribution in [-0.4, -0.2) is 17.5 Å². The van der Waals surface area contributed by atoms with Gasteiger partial charge in [0, 0.05) is 13.2 Å². The van der Waals surface area contributed by atoms with Gasteiger partial charge in [-0.2, -0.15) is 0 Å². The quantitative estimate of drug-likeness (QED) is 0.683. The molecule has 0 fully saturated rings. The predicted molar refractivity (Wildman–Crippen MR) is 77.2 cm³/mol. The summed E-state index contributed by atoms with van der Waals surface area (Å²) in [5.74, 6) is 0.781. The smallest absolute Gasteiger partial charge is 0.205 e. The minimum absolute atomic E-state index is 0.0464. The highest BCUT2D eigenvalue weighted by Gasteiger charge is 2.19. The molecule has 96 valence electrons. The Morgan fingerprint density at radius 1 is 1.26 bits per heavy atom. The molecular formula is C15H13NO2S. The van der Waals surface area contributed by atoms with Crippen LogP contribution in [0.25, 0.3) is 10.9 Å². The number of methoxy groups -OCH3 is 1. The van der Waals surface area contributed by atoms with Gasteiger partial charge in [0.15, 0.2) is 0 Å². The Morgan fingerprint density at radius 3 is 2.79 bits per heavy atom. The molecule has 0 N–H and O–H groups in total. The van der Waals surface area contributed by atoms with Crippen LogP contribution >= 0.6 is 11.3 Å². The van der Waals surface area contributed by atoms with E-state index >= 15 is 0 Å². The molecule has 1 aromatic carbocycles. The largest absolute Gasteiger partial charge is 0.496 e. The van der Waals surface area contributed by atoms with E-state index < -0.39 is 0 Å². The molecular weight excluding hydrogens is 258 g/mol. The van der Waals surface area contributed by atoms with Crippen LogP contribution in [0, 0.1) is 0 Å². The molecule has 0 aliphatic carbocycles. The molecule has 2 heterocycles. The van der Waals surface area contributed by atoms with Crippen molar-refractivity contribution in [2.24, 2.45) is 7.05 Å². The van der Waals surface area contributed by atoms with Crippen LogP contribution in [0.2, 0.25) is 0 Å². The van der Waals surface area contributed by atoms with Crippen LogP contribution in [0.15, 0.2) is 41.9 Å². The summed E-state index contributed by atoms with van der Waals surface area (Å²) < 4.78 is 7.34. The van der Waals surface area contributed by atoms with Crippen molar-refractivity contribution >= 4 is 28.0 Å². The number of benzene rings is 1. The number of rotatable bonds is 3. The molecule has 4 heteroatoms. The number of aromatic nitrogens is 1. The number of ether oxygens (including phenoxy) is 1. The Hall–Kier alpha value is -2.07. The minimum atomic E-state index is 0.0464. The van der Waals surface area contributed by atoms with E-state index in [4.69, 9.17) is 4.74 Å². The summed E-state index contributed by atoms with van der Waals surface area (Å²) in [5.41, 5.74) is 1.69. The van der Waals surface area contributed by atoms with Crippen LogP contribution in [-0.2, 0) is 7.05 Å². The highest BCUT2D eigenvalue weighted by atomic mass is 32.1. The number of aryl methyl sites for hydroxylation is 1. The van der Waals surface area contributed by atoms with Gasteiger partial charge in [-0.15, -0.1) is 11.3 Å². The maximum Gasteiger partial charge on any atom is 0.205 e. The molecule has 0 radical (unpaired) electrons. The lowest BCUT2D eigenvalue weighted by Gasteiger charge is -2.04. The van der Waals surface area contributed by atoms with Gasteiger partial charge >= 0.3 is 0 Å². The molecule has 0 unspecified atom stereocenters. The summed E-state index contributed by atoms with van der Waals surface area (Å²) >= 11 is 1.46. The van der Waals surface area contributed by atoms with E-state index in [0.717, 1.165) is 21.5 Å². The van der Waals surface area contributed by atoms with E-state index in [9.17, 15) is 4.79 Å². The van der Waals surface area contributed by atoms with Gasteiger partial charge in [0.25, 0.3) is 0 Å². The predicted octanol–water partition coefficient (Wildman–Crippen LogP) is 3.48. The lowest BCUT2D eigenvalue weighted by atomic mass is 10.1. The number of hydrogen-bond donors (Lipinski definition) is 0. The third-order valence-electron chi connectivity index (χ3n) is 3.19. The Balaban J connectivity index is 2.27. The van der Waals surface area contributed by atoms with E-state index in [1.54, 1.807) is 7.11 Å². The van der Waals surface area contributed by atoms with Crippen molar-refractivity contribution in [1.29, 1.82) is 0 Å². The zero-order valence-corrected chi connectivity index (χ0v) is 11.5. The summed E-state index contributed by atoms with van der Waals surface area (Å²) in [6.45, 7) is 0. The molecule has 0 aliphatic rings. The van der Waals surface area contributed by atoms with Crippen molar-refractivity contribution < 1.29 is 9.53 Å². The van der Waals surface area contributed by atoms with Gasteiger partial charge < -0.3 is 9.30 Å². The number of carbonyl (C=O) groups excluding carboxylic acids is 1. The van der Waals surface area contributed by atoms with E-state index in [-0.39, 0.29) is 5.78 Å². The molecule has 0 spiro atoms. The Bertz CT molecular complexity index is 741. The second kappa shape index (κ2) is 4.55. The summed E-state index contributed by atoms with van der Waals surface area (Å²) in [5, 5.41) is 2.79. The first-order valence-electron chi connectivity index (χ1n) is 5.92. The van der Waals surface area contributed by atoms with Gasteiger partial charge in [-0.1, -0.05) is 12.1 Å². The second-order valence-corrected chi connectivity index (χ2v) is 5.26. The Kier molecular flexibility index (Phi) is 2.87. The molecule has 0 saturated carbocycles. The van der Waals surface area contributed by atoms with Gasteiger partial charge in [0.1, 0.15) is 5.75 Å². The zero-order valence-electron chi connectivity index (χ0n) is 10.7. The van der Waals surface area contributed by atoms with Crippen LogP contribution in [0.1, 0.15) is 15.2 Å². The van der Waals surface area contributed by atoms with E-state index in [1.165, 1.54) is 11.3 Å². The summed E-state index contributed by atoms with van der Waals surface area (Å²) in [6.07, 6.45) is 1.87. The molecule has 3 rings (SSSR count). The Labute approximate surface area is 115 Å². The summed E-state index contributed by atoms with van der Waals surface area (Å²) in [7, 11) is 3.56. The van der Waals surface area contributed by atoms with Crippen molar-refractivity contribution in [2.45, 2.75) is 0 Å². The van der Waals surface area contributed by atoms with Gasteiger partial charge in [0.05, 0.1) is 28.5 Å². The van der Waals surface area contributed by atoms with Gasteiger partial charge in [-0.25, -0.2) is 0 Å². The maximum atomic E-state index is 12.5. The van der Waals surface area contributed by atoms with Crippen molar-refractivity contribution in [3.05, 3.63) is 52.3 Å². The first kappa shape index (κ1) is 12.0. The third kappa shape index (κ3) is 1.85. The standard InChI is InChI=1S/C15H13NO2S/c1-16-9-10(15(17)13-7-4-8-19-13)14-11(16)5-3-6-12(14)18-2/h3-9H,1-2H3. The monoisotopic (exact) mass is 271 g/mol. The van der Waals surface area contributed by atoms with Crippen LogP contribution < -0.4 is 4.74 Å². The van der Waals surface area contributed by atoms with Crippen molar-refractivity contribution in [1.82, 2.24) is 4.57 Å². The third-order valence-corrected chi connectivity index (χ3v) is 4.05. The number of nitrogens with zero attached hydrogens (tertiary/aromatic N) is 1. The fraction of sp³-hybridized carbons (Fsp3) is 0.133. The van der Waals surface area contributed by atoms with Crippen LogP contribution in [0.3, 0.4) is 0 Å². The minimum Gasteiger partial charge on any atom is -0.496 e. The van der Waals surface area contributed by atoms with E-state index in [2.05, 4.69) is 0 Å². The lowest BCUT2D eigenvalue weighted by molar-refractivity contribution is 0.104. The fourth-order valence-corrected chi connectivity index (χ4v) is 2.97. The van der Waals surface area contributed by atoms with Gasteiger partial charge in [0.2, 0.25) is 5.78 Å². The zero-order chi connectivity index (χ0) is 13.4. The molecule has 0 atom stereocenters. The van der Waals surface area contributed by atoms with Crippen LogP contribution in [0.4, 0.5) is 0 Å². The Morgan fingerprint density at radius 2 is 2.11 bits per heavy atom. The normalized spacial score (nSPS) is 10.8. The number of hydrogen-bond acceptors (Lipinski definition) is 3.